The second-order valence-electron chi connectivity index (χ2n) is 8.65. The van der Waals surface area contributed by atoms with Crippen molar-refractivity contribution in [2.75, 3.05) is 10.0 Å². The molecule has 1 aliphatic heterocycles. The van der Waals surface area contributed by atoms with Gasteiger partial charge in [0.25, 0.3) is 10.0 Å². The lowest BCUT2D eigenvalue weighted by atomic mass is 9.77. The highest BCUT2D eigenvalue weighted by atomic mass is 35.5. The predicted octanol–water partition coefficient (Wildman–Crippen LogP) is 6.58. The molecule has 32 heavy (non-hydrogen) atoms. The number of fused-ring (bicyclic) bond motifs is 3. The zero-order valence-electron chi connectivity index (χ0n) is 18.0. The molecular weight excluding hydrogens is 440 g/mol. The Labute approximate surface area is 194 Å². The molecule has 164 valence electrons. The molecule has 3 aromatic rings. The largest absolute Gasteiger partial charge is 0.378 e. The van der Waals surface area contributed by atoms with Crippen molar-refractivity contribution < 1.29 is 8.42 Å². The number of hydrogen-bond acceptors (Lipinski definition) is 3. The van der Waals surface area contributed by atoms with Crippen LogP contribution in [0.3, 0.4) is 0 Å². The van der Waals surface area contributed by atoms with E-state index in [4.69, 9.17) is 11.6 Å². The molecule has 5 rings (SSSR count). The third-order valence-electron chi connectivity index (χ3n) is 6.59. The van der Waals surface area contributed by atoms with Crippen LogP contribution in [0.1, 0.15) is 40.6 Å². The minimum absolute atomic E-state index is 0.148. The van der Waals surface area contributed by atoms with Crippen LogP contribution >= 0.6 is 11.6 Å². The molecule has 0 bridgehead atoms. The Morgan fingerprint density at radius 2 is 1.72 bits per heavy atom. The van der Waals surface area contributed by atoms with Gasteiger partial charge in [-0.15, -0.1) is 0 Å². The quantitative estimate of drug-likeness (QED) is 0.428. The van der Waals surface area contributed by atoms with Gasteiger partial charge in [-0.05, 0) is 78.8 Å². The van der Waals surface area contributed by atoms with E-state index in [1.54, 1.807) is 6.07 Å². The zero-order valence-corrected chi connectivity index (χ0v) is 19.5. The average Bonchev–Trinajstić information content (AvgIpc) is 3.26. The summed E-state index contributed by atoms with van der Waals surface area (Å²) in [5.74, 6) is 0.496. The van der Waals surface area contributed by atoms with Crippen LogP contribution in [0.2, 0.25) is 5.02 Å². The van der Waals surface area contributed by atoms with Gasteiger partial charge in [0, 0.05) is 16.6 Å². The Kier molecular flexibility index (Phi) is 5.26. The van der Waals surface area contributed by atoms with Gasteiger partial charge in [-0.1, -0.05) is 54.1 Å². The fourth-order valence-corrected chi connectivity index (χ4v) is 6.27. The van der Waals surface area contributed by atoms with Crippen molar-refractivity contribution in [1.82, 2.24) is 0 Å². The molecule has 0 saturated heterocycles. The van der Waals surface area contributed by atoms with Crippen molar-refractivity contribution in [3.63, 3.8) is 0 Å². The fourth-order valence-electron chi connectivity index (χ4n) is 4.91. The van der Waals surface area contributed by atoms with Crippen molar-refractivity contribution in [2.24, 2.45) is 5.92 Å². The maximum Gasteiger partial charge on any atom is 0.261 e. The number of allylic oxidation sites excluding steroid dienone is 2. The normalized spacial score (nSPS) is 21.5. The SMILES string of the molecule is Cc1cccc(C)c1NS(=O)(=O)c1ccc2c(c1)[C@H]1C=CC[C@@H]1[C@H](c1ccc(Cl)cc1)N2. The number of halogens is 1. The molecule has 0 fully saturated rings. The summed E-state index contributed by atoms with van der Waals surface area (Å²) in [4.78, 5) is 0.282. The number of aryl methyl sites for hydroxylation is 2. The minimum Gasteiger partial charge on any atom is -0.378 e. The zero-order chi connectivity index (χ0) is 22.5. The molecule has 0 spiro atoms. The van der Waals surface area contributed by atoms with Gasteiger partial charge in [-0.3, -0.25) is 4.72 Å². The lowest BCUT2D eigenvalue weighted by Crippen LogP contribution is -2.29. The summed E-state index contributed by atoms with van der Waals surface area (Å²) >= 11 is 6.08. The molecule has 2 aliphatic rings. The van der Waals surface area contributed by atoms with E-state index in [2.05, 4.69) is 34.3 Å². The molecule has 3 aromatic carbocycles. The minimum atomic E-state index is -3.71. The van der Waals surface area contributed by atoms with Gasteiger partial charge < -0.3 is 5.32 Å². The van der Waals surface area contributed by atoms with Crippen molar-refractivity contribution in [1.29, 1.82) is 0 Å². The summed E-state index contributed by atoms with van der Waals surface area (Å²) < 4.78 is 29.3. The third-order valence-corrected chi connectivity index (χ3v) is 8.19. The molecule has 0 radical (unpaired) electrons. The number of hydrogen-bond donors (Lipinski definition) is 2. The number of benzene rings is 3. The van der Waals surface area contributed by atoms with Crippen molar-refractivity contribution >= 4 is 33.0 Å². The monoisotopic (exact) mass is 464 g/mol. The Morgan fingerprint density at radius 1 is 1.00 bits per heavy atom. The molecule has 0 aromatic heterocycles. The number of sulfonamides is 1. The van der Waals surface area contributed by atoms with E-state index < -0.39 is 10.0 Å². The molecule has 4 nitrogen and oxygen atoms in total. The Balaban J connectivity index is 1.50. The topological polar surface area (TPSA) is 58.2 Å². The first-order valence-corrected chi connectivity index (χ1v) is 12.6. The molecule has 0 amide bonds. The Morgan fingerprint density at radius 3 is 2.44 bits per heavy atom. The van der Waals surface area contributed by atoms with Crippen LogP contribution in [0, 0.1) is 19.8 Å². The van der Waals surface area contributed by atoms with Gasteiger partial charge in [0.15, 0.2) is 0 Å². The first-order chi connectivity index (χ1) is 15.3. The fraction of sp³-hybridized carbons (Fsp3) is 0.231. The van der Waals surface area contributed by atoms with Gasteiger partial charge in [0.2, 0.25) is 0 Å². The Hall–Kier alpha value is -2.76. The summed E-state index contributed by atoms with van der Waals surface area (Å²) in [6.07, 6.45) is 5.36. The van der Waals surface area contributed by atoms with Crippen molar-refractivity contribution in [3.8, 4) is 0 Å². The lowest BCUT2D eigenvalue weighted by molar-refractivity contribution is 0.425. The standard InChI is InChI=1S/C26H25ClN2O2S/c1-16-5-3-6-17(2)25(16)29-32(30,31)20-13-14-24-23(15-20)21-7-4-8-22(21)26(28-24)18-9-11-19(27)12-10-18/h3-7,9-15,21-22,26,28-29H,8H2,1-2H3/t21-,22-,26-/m0/s1. The van der Waals surface area contributed by atoms with Gasteiger partial charge in [-0.2, -0.15) is 0 Å². The van der Waals surface area contributed by atoms with E-state index >= 15 is 0 Å². The molecule has 3 atom stereocenters. The first kappa shape index (κ1) is 21.1. The summed E-state index contributed by atoms with van der Waals surface area (Å²) in [5, 5.41) is 4.37. The van der Waals surface area contributed by atoms with Crippen LogP contribution in [-0.4, -0.2) is 8.42 Å². The van der Waals surface area contributed by atoms with E-state index in [0.717, 1.165) is 33.8 Å². The molecule has 2 N–H and O–H groups in total. The number of nitrogens with one attached hydrogen (secondary N) is 2. The van der Waals surface area contributed by atoms with E-state index in [9.17, 15) is 8.42 Å². The summed E-state index contributed by atoms with van der Waals surface area (Å²) in [6.45, 7) is 3.82. The number of para-hydroxylation sites is 1. The molecule has 6 heteroatoms. The highest BCUT2D eigenvalue weighted by Crippen LogP contribution is 2.50. The van der Waals surface area contributed by atoms with Gasteiger partial charge >= 0.3 is 0 Å². The molecule has 1 aliphatic carbocycles. The van der Waals surface area contributed by atoms with Gasteiger partial charge in [0.05, 0.1) is 16.6 Å². The van der Waals surface area contributed by atoms with Crippen LogP contribution < -0.4 is 10.0 Å². The Bertz CT molecular complexity index is 1300. The van der Waals surface area contributed by atoms with Crippen LogP contribution in [0.5, 0.6) is 0 Å². The highest BCUT2D eigenvalue weighted by molar-refractivity contribution is 7.92. The van der Waals surface area contributed by atoms with Crippen molar-refractivity contribution in [2.45, 2.75) is 37.1 Å². The molecule has 0 unspecified atom stereocenters. The van der Waals surface area contributed by atoms with Crippen LogP contribution in [0.15, 0.2) is 77.7 Å². The summed E-state index contributed by atoms with van der Waals surface area (Å²) in [7, 11) is -3.71. The molecular formula is C26H25ClN2O2S. The number of rotatable bonds is 4. The third kappa shape index (κ3) is 3.70. The summed E-state index contributed by atoms with van der Waals surface area (Å²) in [6, 6.07) is 19.2. The summed E-state index contributed by atoms with van der Waals surface area (Å²) in [5.41, 5.74) is 5.63. The van der Waals surface area contributed by atoms with Crippen molar-refractivity contribution in [3.05, 3.63) is 100 Å². The smallest absolute Gasteiger partial charge is 0.261 e. The number of anilines is 2. The van der Waals surface area contributed by atoms with Crippen LogP contribution in [-0.2, 0) is 10.0 Å². The maximum absolute atomic E-state index is 13.2. The van der Waals surface area contributed by atoms with E-state index in [0.29, 0.717) is 11.6 Å². The first-order valence-electron chi connectivity index (χ1n) is 10.7. The van der Waals surface area contributed by atoms with Crippen LogP contribution in [0.4, 0.5) is 11.4 Å². The second-order valence-corrected chi connectivity index (χ2v) is 10.8. The average molecular weight is 465 g/mol. The molecule has 1 heterocycles. The highest BCUT2D eigenvalue weighted by Gasteiger charge is 2.38. The van der Waals surface area contributed by atoms with Crippen LogP contribution in [0.25, 0.3) is 0 Å². The molecule has 0 saturated carbocycles. The maximum atomic E-state index is 13.2. The van der Waals surface area contributed by atoms with Gasteiger partial charge in [0.1, 0.15) is 0 Å². The second kappa shape index (κ2) is 7.98. The predicted molar refractivity (Wildman–Crippen MR) is 131 cm³/mol. The van der Waals surface area contributed by atoms with E-state index in [-0.39, 0.29) is 16.9 Å². The van der Waals surface area contributed by atoms with E-state index in [1.807, 2.05) is 56.3 Å². The van der Waals surface area contributed by atoms with Gasteiger partial charge in [-0.25, -0.2) is 8.42 Å². The lowest BCUT2D eigenvalue weighted by Gasteiger charge is -2.37. The van der Waals surface area contributed by atoms with E-state index in [1.165, 1.54) is 5.56 Å².